The van der Waals surface area contributed by atoms with Crippen LogP contribution < -0.4 is 14.8 Å². The standard InChI is InChI=1S/C24H32N2O5S/c1-3-30-22-14-11-20(18-23(22)32(28,29)26-15-5-4-6-16-26)25-24(27)8-7-17-31-21-12-9-19(2)10-13-21/h9-14,18H,3-8,15-17H2,1-2H3,(H,25,27). The molecule has 0 spiro atoms. The zero-order valence-corrected chi connectivity index (χ0v) is 19.6. The Balaban J connectivity index is 1.61. The molecule has 174 valence electrons. The molecule has 0 radical (unpaired) electrons. The summed E-state index contributed by atoms with van der Waals surface area (Å²) in [5.41, 5.74) is 1.60. The summed E-state index contributed by atoms with van der Waals surface area (Å²) in [7, 11) is -3.69. The van der Waals surface area contributed by atoms with Crippen LogP contribution in [0.4, 0.5) is 5.69 Å². The minimum Gasteiger partial charge on any atom is -0.494 e. The number of aryl methyl sites for hydroxylation is 1. The second-order valence-electron chi connectivity index (χ2n) is 7.87. The molecule has 1 heterocycles. The molecular formula is C24H32N2O5S. The molecule has 7 nitrogen and oxygen atoms in total. The van der Waals surface area contributed by atoms with E-state index in [4.69, 9.17) is 9.47 Å². The van der Waals surface area contributed by atoms with Gasteiger partial charge in [0.25, 0.3) is 0 Å². The lowest BCUT2D eigenvalue weighted by Crippen LogP contribution is -2.35. The van der Waals surface area contributed by atoms with Gasteiger partial charge in [-0.2, -0.15) is 4.31 Å². The van der Waals surface area contributed by atoms with Crippen LogP contribution in [0, 0.1) is 6.92 Å². The van der Waals surface area contributed by atoms with Gasteiger partial charge >= 0.3 is 0 Å². The molecular weight excluding hydrogens is 428 g/mol. The smallest absolute Gasteiger partial charge is 0.246 e. The van der Waals surface area contributed by atoms with E-state index in [2.05, 4.69) is 5.32 Å². The SMILES string of the molecule is CCOc1ccc(NC(=O)CCCOc2ccc(C)cc2)cc1S(=O)(=O)N1CCCCC1. The zero-order valence-electron chi connectivity index (χ0n) is 18.8. The van der Waals surface area contributed by atoms with Crippen LogP contribution in [0.1, 0.15) is 44.6 Å². The predicted octanol–water partition coefficient (Wildman–Crippen LogP) is 4.37. The van der Waals surface area contributed by atoms with Gasteiger partial charge in [-0.25, -0.2) is 8.42 Å². The van der Waals surface area contributed by atoms with Crippen molar-refractivity contribution in [1.29, 1.82) is 0 Å². The summed E-state index contributed by atoms with van der Waals surface area (Å²) in [6.07, 6.45) is 3.56. The molecule has 1 N–H and O–H groups in total. The number of benzene rings is 2. The number of nitrogens with one attached hydrogen (secondary N) is 1. The highest BCUT2D eigenvalue weighted by Gasteiger charge is 2.29. The third-order valence-electron chi connectivity index (χ3n) is 5.30. The van der Waals surface area contributed by atoms with Gasteiger partial charge in [0.1, 0.15) is 16.4 Å². The predicted molar refractivity (Wildman–Crippen MR) is 125 cm³/mol. The van der Waals surface area contributed by atoms with E-state index in [1.54, 1.807) is 12.1 Å². The normalized spacial score (nSPS) is 14.7. The van der Waals surface area contributed by atoms with E-state index in [1.165, 1.54) is 10.4 Å². The highest BCUT2D eigenvalue weighted by atomic mass is 32.2. The number of carbonyl (C=O) groups is 1. The number of piperidine rings is 1. The number of amides is 1. The summed E-state index contributed by atoms with van der Waals surface area (Å²) >= 11 is 0. The lowest BCUT2D eigenvalue weighted by molar-refractivity contribution is -0.116. The fraction of sp³-hybridized carbons (Fsp3) is 0.458. The van der Waals surface area contributed by atoms with Crippen LogP contribution in [-0.4, -0.2) is 44.9 Å². The van der Waals surface area contributed by atoms with Crippen LogP contribution in [0.3, 0.4) is 0 Å². The number of rotatable bonds is 10. The van der Waals surface area contributed by atoms with E-state index in [9.17, 15) is 13.2 Å². The molecule has 0 atom stereocenters. The molecule has 32 heavy (non-hydrogen) atoms. The molecule has 0 unspecified atom stereocenters. The van der Waals surface area contributed by atoms with Gasteiger partial charge in [-0.15, -0.1) is 0 Å². The Labute approximate surface area is 190 Å². The highest BCUT2D eigenvalue weighted by Crippen LogP contribution is 2.31. The molecule has 8 heteroatoms. The first-order valence-corrected chi connectivity index (χ1v) is 12.6. The summed E-state index contributed by atoms with van der Waals surface area (Å²) in [5, 5.41) is 2.80. The topological polar surface area (TPSA) is 84.9 Å². The second-order valence-corrected chi connectivity index (χ2v) is 9.78. The Kier molecular flexibility index (Phi) is 8.53. The average Bonchev–Trinajstić information content (AvgIpc) is 2.79. The summed E-state index contributed by atoms with van der Waals surface area (Å²) in [6, 6.07) is 12.5. The summed E-state index contributed by atoms with van der Waals surface area (Å²) < 4.78 is 39.1. The van der Waals surface area contributed by atoms with Gasteiger partial charge < -0.3 is 14.8 Å². The lowest BCUT2D eigenvalue weighted by atomic mass is 10.2. The molecule has 0 aromatic heterocycles. The third kappa shape index (κ3) is 6.46. The summed E-state index contributed by atoms with van der Waals surface area (Å²) in [6.45, 7) is 5.62. The van der Waals surface area contributed by atoms with E-state index < -0.39 is 10.0 Å². The Hall–Kier alpha value is -2.58. The van der Waals surface area contributed by atoms with Crippen molar-refractivity contribution in [2.24, 2.45) is 0 Å². The minimum absolute atomic E-state index is 0.0988. The first-order chi connectivity index (χ1) is 15.4. The van der Waals surface area contributed by atoms with E-state index in [0.717, 1.165) is 30.6 Å². The van der Waals surface area contributed by atoms with Gasteiger partial charge in [0, 0.05) is 25.2 Å². The fourth-order valence-electron chi connectivity index (χ4n) is 3.59. The van der Waals surface area contributed by atoms with Gasteiger partial charge in [0.2, 0.25) is 15.9 Å². The molecule has 1 fully saturated rings. The van der Waals surface area contributed by atoms with Crippen LogP contribution >= 0.6 is 0 Å². The van der Waals surface area contributed by atoms with Gasteiger partial charge in [-0.3, -0.25) is 4.79 Å². The number of carbonyl (C=O) groups excluding carboxylic acids is 1. The highest BCUT2D eigenvalue weighted by molar-refractivity contribution is 7.89. The van der Waals surface area contributed by atoms with Gasteiger partial charge in [0.05, 0.1) is 13.2 Å². The van der Waals surface area contributed by atoms with Crippen LogP contribution in [0.5, 0.6) is 11.5 Å². The van der Waals surface area contributed by atoms with E-state index in [0.29, 0.717) is 44.2 Å². The van der Waals surface area contributed by atoms with Crippen molar-refractivity contribution in [3.05, 3.63) is 48.0 Å². The van der Waals surface area contributed by atoms with Crippen molar-refractivity contribution in [2.45, 2.75) is 50.8 Å². The maximum absolute atomic E-state index is 13.2. The minimum atomic E-state index is -3.69. The maximum Gasteiger partial charge on any atom is 0.246 e. The molecule has 0 saturated carbocycles. The van der Waals surface area contributed by atoms with Crippen molar-refractivity contribution in [3.8, 4) is 11.5 Å². The van der Waals surface area contributed by atoms with Crippen LogP contribution in [-0.2, 0) is 14.8 Å². The number of ether oxygens (including phenoxy) is 2. The first-order valence-electron chi connectivity index (χ1n) is 11.2. The van der Waals surface area contributed by atoms with Crippen molar-refractivity contribution < 1.29 is 22.7 Å². The largest absolute Gasteiger partial charge is 0.494 e. The molecule has 0 bridgehead atoms. The number of hydrogen-bond donors (Lipinski definition) is 1. The number of sulfonamides is 1. The van der Waals surface area contributed by atoms with Crippen molar-refractivity contribution in [2.75, 3.05) is 31.6 Å². The zero-order chi connectivity index (χ0) is 23.0. The first kappa shape index (κ1) is 24.1. The molecule has 3 rings (SSSR count). The number of nitrogens with zero attached hydrogens (tertiary/aromatic N) is 1. The lowest BCUT2D eigenvalue weighted by Gasteiger charge is -2.27. The van der Waals surface area contributed by atoms with Crippen molar-refractivity contribution in [1.82, 2.24) is 4.31 Å². The third-order valence-corrected chi connectivity index (χ3v) is 7.22. The number of anilines is 1. The Bertz CT molecular complexity index is 1000. The monoisotopic (exact) mass is 460 g/mol. The number of hydrogen-bond acceptors (Lipinski definition) is 5. The Morgan fingerprint density at radius 1 is 1.03 bits per heavy atom. The molecule has 2 aromatic rings. The van der Waals surface area contributed by atoms with Gasteiger partial charge in [-0.1, -0.05) is 24.1 Å². The van der Waals surface area contributed by atoms with Crippen molar-refractivity contribution in [3.63, 3.8) is 0 Å². The molecule has 1 saturated heterocycles. The second kappa shape index (κ2) is 11.3. The average molecular weight is 461 g/mol. The van der Waals surface area contributed by atoms with E-state index in [-0.39, 0.29) is 17.2 Å². The van der Waals surface area contributed by atoms with Crippen LogP contribution in [0.2, 0.25) is 0 Å². The molecule has 0 aliphatic carbocycles. The molecule has 1 aliphatic heterocycles. The van der Waals surface area contributed by atoms with E-state index >= 15 is 0 Å². The van der Waals surface area contributed by atoms with Crippen molar-refractivity contribution >= 4 is 21.6 Å². The molecule has 2 aromatic carbocycles. The molecule has 1 amide bonds. The Morgan fingerprint density at radius 3 is 2.44 bits per heavy atom. The van der Waals surface area contributed by atoms with Gasteiger partial charge in [-0.05, 0) is 63.4 Å². The maximum atomic E-state index is 13.2. The quantitative estimate of drug-likeness (QED) is 0.532. The molecule has 1 aliphatic rings. The van der Waals surface area contributed by atoms with Gasteiger partial charge in [0.15, 0.2) is 0 Å². The fourth-order valence-corrected chi connectivity index (χ4v) is 5.26. The van der Waals surface area contributed by atoms with Crippen LogP contribution in [0.25, 0.3) is 0 Å². The van der Waals surface area contributed by atoms with E-state index in [1.807, 2.05) is 38.1 Å². The Morgan fingerprint density at radius 2 is 1.75 bits per heavy atom. The van der Waals surface area contributed by atoms with Crippen LogP contribution in [0.15, 0.2) is 47.4 Å². The summed E-state index contributed by atoms with van der Waals surface area (Å²) in [5.74, 6) is 0.889. The summed E-state index contributed by atoms with van der Waals surface area (Å²) in [4.78, 5) is 12.5.